The molecular formula is C18H16Cl2N2O2. The van der Waals surface area contributed by atoms with Crippen molar-refractivity contribution in [3.63, 3.8) is 0 Å². The van der Waals surface area contributed by atoms with Gasteiger partial charge in [0.15, 0.2) is 0 Å². The molecule has 3 N–H and O–H groups in total. The molecule has 0 aliphatic carbocycles. The van der Waals surface area contributed by atoms with Crippen LogP contribution >= 0.6 is 23.2 Å². The number of aromatic amines is 1. The molecule has 0 saturated heterocycles. The van der Waals surface area contributed by atoms with E-state index in [-0.39, 0.29) is 6.54 Å². The van der Waals surface area contributed by atoms with Crippen molar-refractivity contribution in [3.05, 3.63) is 69.8 Å². The number of carbonyl (C=O) groups is 1. The maximum absolute atomic E-state index is 11.6. The Labute approximate surface area is 149 Å². The molecule has 1 aromatic heterocycles. The molecule has 0 unspecified atom stereocenters. The molecule has 0 saturated carbocycles. The predicted octanol–water partition coefficient (Wildman–Crippen LogP) is 4.26. The zero-order valence-electron chi connectivity index (χ0n) is 12.7. The van der Waals surface area contributed by atoms with Gasteiger partial charge in [0, 0.05) is 45.7 Å². The van der Waals surface area contributed by atoms with E-state index in [0.29, 0.717) is 22.0 Å². The summed E-state index contributed by atoms with van der Waals surface area (Å²) >= 11 is 12.3. The number of halogens is 2. The van der Waals surface area contributed by atoms with Crippen molar-refractivity contribution in [2.24, 2.45) is 0 Å². The first-order valence-corrected chi connectivity index (χ1v) is 8.26. The van der Waals surface area contributed by atoms with Gasteiger partial charge in [-0.25, -0.2) is 0 Å². The first-order chi connectivity index (χ1) is 11.6. The largest absolute Gasteiger partial charge is 0.480 e. The third-order valence-electron chi connectivity index (χ3n) is 3.98. The molecule has 0 fully saturated rings. The van der Waals surface area contributed by atoms with Gasteiger partial charge in [-0.3, -0.25) is 10.1 Å². The number of aromatic nitrogens is 1. The van der Waals surface area contributed by atoms with Gasteiger partial charge >= 0.3 is 5.97 Å². The van der Waals surface area contributed by atoms with Gasteiger partial charge in [-0.2, -0.15) is 0 Å². The van der Waals surface area contributed by atoms with Crippen molar-refractivity contribution in [3.8, 4) is 0 Å². The molecule has 0 aliphatic heterocycles. The van der Waals surface area contributed by atoms with Crippen LogP contribution in [0.15, 0.2) is 48.7 Å². The smallest absolute Gasteiger partial charge is 0.321 e. The van der Waals surface area contributed by atoms with E-state index >= 15 is 0 Å². The van der Waals surface area contributed by atoms with Crippen molar-refractivity contribution in [1.29, 1.82) is 0 Å². The van der Waals surface area contributed by atoms with Gasteiger partial charge in [0.1, 0.15) is 6.04 Å². The summed E-state index contributed by atoms with van der Waals surface area (Å²) in [6, 6.07) is 12.3. The Balaban J connectivity index is 1.77. The second kappa shape index (κ2) is 7.26. The standard InChI is InChI=1S/C18H16Cl2N2O2/c19-14-5-3-6-15(20)13(14)10-22-17(18(23)24)8-11-9-21-16-7-2-1-4-12(11)16/h1-7,9,17,21-22H,8,10H2,(H,23,24)/t17-/m1/s1. The van der Waals surface area contributed by atoms with Crippen molar-refractivity contribution in [2.45, 2.75) is 19.0 Å². The van der Waals surface area contributed by atoms with Crippen LogP contribution in [0.5, 0.6) is 0 Å². The van der Waals surface area contributed by atoms with Gasteiger partial charge < -0.3 is 10.1 Å². The SMILES string of the molecule is O=C(O)[C@@H](Cc1c[nH]c2ccccc12)NCc1c(Cl)cccc1Cl. The third kappa shape index (κ3) is 3.56. The van der Waals surface area contributed by atoms with E-state index in [4.69, 9.17) is 23.2 Å². The highest BCUT2D eigenvalue weighted by Gasteiger charge is 2.20. The molecule has 1 heterocycles. The summed E-state index contributed by atoms with van der Waals surface area (Å²) in [4.78, 5) is 14.8. The van der Waals surface area contributed by atoms with E-state index in [1.807, 2.05) is 30.5 Å². The molecule has 0 radical (unpaired) electrons. The minimum absolute atomic E-state index is 0.290. The molecule has 4 nitrogen and oxygen atoms in total. The molecule has 0 amide bonds. The van der Waals surface area contributed by atoms with Gasteiger partial charge in [-0.05, 0) is 23.8 Å². The van der Waals surface area contributed by atoms with E-state index < -0.39 is 12.0 Å². The number of benzene rings is 2. The monoisotopic (exact) mass is 362 g/mol. The highest BCUT2D eigenvalue weighted by molar-refractivity contribution is 6.35. The number of carboxylic acids is 1. The van der Waals surface area contributed by atoms with Gasteiger partial charge in [-0.15, -0.1) is 0 Å². The minimum Gasteiger partial charge on any atom is -0.480 e. The molecule has 24 heavy (non-hydrogen) atoms. The molecule has 124 valence electrons. The van der Waals surface area contributed by atoms with Crippen LogP contribution in [-0.2, 0) is 17.8 Å². The lowest BCUT2D eigenvalue weighted by Crippen LogP contribution is -2.38. The number of nitrogens with one attached hydrogen (secondary N) is 2. The fraction of sp³-hybridized carbons (Fsp3) is 0.167. The maximum atomic E-state index is 11.6. The Hall–Kier alpha value is -2.01. The average Bonchev–Trinajstić information content (AvgIpc) is 2.96. The number of aliphatic carboxylic acids is 1. The summed E-state index contributed by atoms with van der Waals surface area (Å²) in [6.45, 7) is 0.290. The maximum Gasteiger partial charge on any atom is 0.321 e. The quantitative estimate of drug-likeness (QED) is 0.613. The lowest BCUT2D eigenvalue weighted by atomic mass is 10.0. The van der Waals surface area contributed by atoms with E-state index in [9.17, 15) is 9.90 Å². The second-order valence-corrected chi connectivity index (χ2v) is 6.35. The lowest BCUT2D eigenvalue weighted by molar-refractivity contribution is -0.139. The molecule has 1 atom stereocenters. The number of carboxylic acid groups (broad SMARTS) is 1. The average molecular weight is 363 g/mol. The molecule has 2 aromatic carbocycles. The minimum atomic E-state index is -0.913. The Morgan fingerprint density at radius 3 is 2.54 bits per heavy atom. The van der Waals surface area contributed by atoms with Gasteiger partial charge in [0.25, 0.3) is 0 Å². The van der Waals surface area contributed by atoms with E-state index in [1.54, 1.807) is 18.2 Å². The zero-order chi connectivity index (χ0) is 17.1. The summed E-state index contributed by atoms with van der Waals surface area (Å²) in [5.41, 5.74) is 2.65. The Kier molecular flexibility index (Phi) is 5.09. The van der Waals surface area contributed by atoms with Crippen molar-refractivity contribution in [2.75, 3.05) is 0 Å². The summed E-state index contributed by atoms with van der Waals surface area (Å²) in [7, 11) is 0. The topological polar surface area (TPSA) is 65.1 Å². The first-order valence-electron chi connectivity index (χ1n) is 7.50. The number of rotatable bonds is 6. The van der Waals surface area contributed by atoms with Crippen molar-refractivity contribution < 1.29 is 9.90 Å². The normalized spacial score (nSPS) is 12.4. The van der Waals surface area contributed by atoms with Crippen molar-refractivity contribution >= 4 is 40.1 Å². The molecular weight excluding hydrogens is 347 g/mol. The van der Waals surface area contributed by atoms with Gasteiger partial charge in [0.2, 0.25) is 0 Å². The lowest BCUT2D eigenvalue weighted by Gasteiger charge is -2.15. The van der Waals surface area contributed by atoms with Crippen LogP contribution in [0.2, 0.25) is 10.0 Å². The van der Waals surface area contributed by atoms with E-state index in [2.05, 4.69) is 10.3 Å². The Bertz CT molecular complexity index is 856. The van der Waals surface area contributed by atoms with Crippen LogP contribution in [0.4, 0.5) is 0 Å². The zero-order valence-corrected chi connectivity index (χ0v) is 14.2. The summed E-state index contributed by atoms with van der Waals surface area (Å²) in [5, 5.41) is 14.6. The van der Waals surface area contributed by atoms with E-state index in [1.165, 1.54) is 0 Å². The molecule has 3 rings (SSSR count). The van der Waals surface area contributed by atoms with Crippen LogP contribution in [-0.4, -0.2) is 22.1 Å². The number of para-hydroxylation sites is 1. The summed E-state index contributed by atoms with van der Waals surface area (Å²) in [6.07, 6.45) is 2.21. The van der Waals surface area contributed by atoms with Crippen LogP contribution in [0, 0.1) is 0 Å². The Morgan fingerprint density at radius 1 is 1.12 bits per heavy atom. The van der Waals surface area contributed by atoms with Crippen LogP contribution in [0.3, 0.4) is 0 Å². The Morgan fingerprint density at radius 2 is 1.83 bits per heavy atom. The highest BCUT2D eigenvalue weighted by atomic mass is 35.5. The molecule has 0 bridgehead atoms. The molecule has 0 aliphatic rings. The fourth-order valence-electron chi connectivity index (χ4n) is 2.69. The second-order valence-electron chi connectivity index (χ2n) is 5.54. The third-order valence-corrected chi connectivity index (χ3v) is 4.69. The van der Waals surface area contributed by atoms with Gasteiger partial charge in [0.05, 0.1) is 0 Å². The molecule has 6 heteroatoms. The highest BCUT2D eigenvalue weighted by Crippen LogP contribution is 2.24. The molecule has 0 spiro atoms. The van der Waals surface area contributed by atoms with Crippen LogP contribution in [0.1, 0.15) is 11.1 Å². The number of fused-ring (bicyclic) bond motifs is 1. The number of hydrogen-bond donors (Lipinski definition) is 3. The predicted molar refractivity (Wildman–Crippen MR) is 96.7 cm³/mol. The van der Waals surface area contributed by atoms with Crippen molar-refractivity contribution in [1.82, 2.24) is 10.3 Å². The molecule has 3 aromatic rings. The summed E-state index contributed by atoms with van der Waals surface area (Å²) in [5.74, 6) is -0.913. The van der Waals surface area contributed by atoms with Gasteiger partial charge in [-0.1, -0.05) is 47.5 Å². The van der Waals surface area contributed by atoms with E-state index in [0.717, 1.165) is 16.5 Å². The fourth-order valence-corrected chi connectivity index (χ4v) is 3.22. The number of H-pyrrole nitrogens is 1. The number of hydrogen-bond acceptors (Lipinski definition) is 2. The van der Waals surface area contributed by atoms with Crippen LogP contribution in [0.25, 0.3) is 10.9 Å². The van der Waals surface area contributed by atoms with Crippen LogP contribution < -0.4 is 5.32 Å². The summed E-state index contributed by atoms with van der Waals surface area (Å²) < 4.78 is 0. The first kappa shape index (κ1) is 16.8.